The first-order chi connectivity index (χ1) is 17.9. The first-order valence-electron chi connectivity index (χ1n) is 12.8. The smallest absolute Gasteiger partial charge is 0.326 e. The Bertz CT molecular complexity index is 1350. The van der Waals surface area contributed by atoms with Crippen LogP contribution < -0.4 is 26.4 Å². The van der Waals surface area contributed by atoms with Crippen LogP contribution in [0.1, 0.15) is 37.3 Å². The normalized spacial score (nSPS) is 21.9. The number of ether oxygens (including phenoxy) is 2. The number of benzene rings is 2. The van der Waals surface area contributed by atoms with Crippen LogP contribution in [0.25, 0.3) is 11.0 Å². The molecular weight excluding hydrogens is 474 g/mol. The molecule has 0 radical (unpaired) electrons. The van der Waals surface area contributed by atoms with Gasteiger partial charge in [0.1, 0.15) is 11.9 Å². The first kappa shape index (κ1) is 25.0. The number of amides is 2. The monoisotopic (exact) mass is 507 g/mol. The molecule has 196 valence electrons. The van der Waals surface area contributed by atoms with Crippen molar-refractivity contribution < 1.29 is 19.1 Å². The average molecular weight is 508 g/mol. The standard InChI is InChI=1S/C27H33N5O5/c1-16-6-9-18(14-22(16)36-2)29-25(33)17-7-10-19(11-8-17)32-21-5-3-4-20(24(21)31-27(32)35)30-26(34)23-15-28-12-13-37-23/h3-6,9,14,17,19,23,28H,7-8,10-13,15H2,1-2H3,(H,29,33)(H,30,34)(H,31,35)/t17-,19+,23?. The van der Waals surface area contributed by atoms with Gasteiger partial charge in [0.15, 0.2) is 0 Å². The molecule has 10 nitrogen and oxygen atoms in total. The van der Waals surface area contributed by atoms with Gasteiger partial charge in [-0.2, -0.15) is 0 Å². The van der Waals surface area contributed by atoms with Gasteiger partial charge in [-0.15, -0.1) is 0 Å². The zero-order chi connectivity index (χ0) is 25.9. The van der Waals surface area contributed by atoms with E-state index in [0.29, 0.717) is 55.7 Å². The lowest BCUT2D eigenvalue weighted by Gasteiger charge is -2.28. The van der Waals surface area contributed by atoms with Crippen molar-refractivity contribution in [2.45, 2.75) is 44.8 Å². The zero-order valence-corrected chi connectivity index (χ0v) is 21.1. The van der Waals surface area contributed by atoms with E-state index in [9.17, 15) is 14.4 Å². The lowest BCUT2D eigenvalue weighted by Crippen LogP contribution is -2.45. The van der Waals surface area contributed by atoms with Gasteiger partial charge in [-0.3, -0.25) is 14.2 Å². The number of rotatable bonds is 6. The number of carbonyl (C=O) groups excluding carboxylic acids is 2. The molecule has 0 bridgehead atoms. The fourth-order valence-electron chi connectivity index (χ4n) is 5.30. The summed E-state index contributed by atoms with van der Waals surface area (Å²) >= 11 is 0. The van der Waals surface area contributed by atoms with E-state index in [1.165, 1.54) is 0 Å². The minimum atomic E-state index is -0.569. The third kappa shape index (κ3) is 5.26. The molecule has 2 aliphatic rings. The van der Waals surface area contributed by atoms with Gasteiger partial charge in [0.05, 0.1) is 30.4 Å². The van der Waals surface area contributed by atoms with Crippen LogP contribution in [0.5, 0.6) is 5.75 Å². The predicted molar refractivity (Wildman–Crippen MR) is 141 cm³/mol. The van der Waals surface area contributed by atoms with Gasteiger partial charge in [-0.1, -0.05) is 12.1 Å². The van der Waals surface area contributed by atoms with E-state index in [2.05, 4.69) is 20.9 Å². The number of hydrogen-bond acceptors (Lipinski definition) is 6. The summed E-state index contributed by atoms with van der Waals surface area (Å²) in [6.45, 7) is 3.61. The maximum Gasteiger partial charge on any atom is 0.326 e. The number of para-hydroxylation sites is 1. The Morgan fingerprint density at radius 2 is 1.89 bits per heavy atom. The molecule has 1 aliphatic carbocycles. The van der Waals surface area contributed by atoms with Gasteiger partial charge in [-0.25, -0.2) is 4.79 Å². The number of nitrogens with zero attached hydrogens (tertiary/aromatic N) is 1. The molecule has 1 aromatic heterocycles. The number of fused-ring (bicyclic) bond motifs is 1. The second-order valence-electron chi connectivity index (χ2n) is 9.73. The zero-order valence-electron chi connectivity index (χ0n) is 21.1. The van der Waals surface area contributed by atoms with Gasteiger partial charge in [-0.05, 0) is 56.4 Å². The summed E-state index contributed by atoms with van der Waals surface area (Å²) < 4.78 is 12.7. The van der Waals surface area contributed by atoms with Crippen molar-refractivity contribution in [1.82, 2.24) is 14.9 Å². The Labute approximate surface area is 214 Å². The van der Waals surface area contributed by atoms with Gasteiger partial charge in [0.25, 0.3) is 5.91 Å². The maximum absolute atomic E-state index is 13.0. The summed E-state index contributed by atoms with van der Waals surface area (Å²) in [6, 6.07) is 11.1. The number of hydrogen-bond donors (Lipinski definition) is 4. The molecule has 3 aromatic rings. The summed E-state index contributed by atoms with van der Waals surface area (Å²) in [5, 5.41) is 9.06. The molecule has 5 rings (SSSR count). The van der Waals surface area contributed by atoms with Crippen molar-refractivity contribution in [3.8, 4) is 5.75 Å². The van der Waals surface area contributed by atoms with Crippen LogP contribution in [0, 0.1) is 12.8 Å². The summed E-state index contributed by atoms with van der Waals surface area (Å²) in [5.41, 5.74) is 3.39. The molecular formula is C27H33N5O5. The molecule has 1 aliphatic heterocycles. The Morgan fingerprint density at radius 3 is 2.62 bits per heavy atom. The molecule has 37 heavy (non-hydrogen) atoms. The van der Waals surface area contributed by atoms with Crippen molar-refractivity contribution in [2.75, 3.05) is 37.4 Å². The van der Waals surface area contributed by atoms with Crippen LogP contribution in [0.3, 0.4) is 0 Å². The molecule has 2 aromatic carbocycles. The maximum atomic E-state index is 13.0. The van der Waals surface area contributed by atoms with Crippen LogP contribution in [-0.4, -0.2) is 54.3 Å². The SMILES string of the molecule is COc1cc(NC(=O)[C@H]2CC[C@@H](n3c(=O)[nH]c4c(NC(=O)C5CNCCO5)cccc43)CC2)ccc1C. The average Bonchev–Trinajstić information content (AvgIpc) is 3.27. The lowest BCUT2D eigenvalue weighted by molar-refractivity contribution is -0.128. The topological polar surface area (TPSA) is 126 Å². The number of carbonyl (C=O) groups is 2. The summed E-state index contributed by atoms with van der Waals surface area (Å²) in [6.07, 6.45) is 2.21. The molecule has 2 fully saturated rings. The van der Waals surface area contributed by atoms with E-state index in [-0.39, 0.29) is 29.5 Å². The number of aromatic nitrogens is 2. The third-order valence-corrected chi connectivity index (χ3v) is 7.34. The summed E-state index contributed by atoms with van der Waals surface area (Å²) in [4.78, 5) is 41.5. The number of nitrogens with one attached hydrogen (secondary N) is 4. The Morgan fingerprint density at radius 1 is 1.08 bits per heavy atom. The molecule has 2 amide bonds. The van der Waals surface area contributed by atoms with E-state index in [1.54, 1.807) is 17.7 Å². The minimum absolute atomic E-state index is 0.0138. The van der Waals surface area contributed by atoms with Crippen molar-refractivity contribution in [2.24, 2.45) is 5.92 Å². The Balaban J connectivity index is 1.26. The summed E-state index contributed by atoms with van der Waals surface area (Å²) in [5.74, 6) is 0.355. The number of aromatic amines is 1. The second-order valence-corrected chi connectivity index (χ2v) is 9.73. The first-order valence-corrected chi connectivity index (χ1v) is 12.8. The largest absolute Gasteiger partial charge is 0.496 e. The number of methoxy groups -OCH3 is 1. The minimum Gasteiger partial charge on any atom is -0.496 e. The van der Waals surface area contributed by atoms with Gasteiger partial charge >= 0.3 is 5.69 Å². The lowest BCUT2D eigenvalue weighted by atomic mass is 9.85. The summed E-state index contributed by atoms with van der Waals surface area (Å²) in [7, 11) is 1.61. The van der Waals surface area contributed by atoms with Crippen LogP contribution in [0.2, 0.25) is 0 Å². The molecule has 2 heterocycles. The highest BCUT2D eigenvalue weighted by atomic mass is 16.5. The highest BCUT2D eigenvalue weighted by Crippen LogP contribution is 2.35. The van der Waals surface area contributed by atoms with E-state index in [4.69, 9.17) is 9.47 Å². The highest BCUT2D eigenvalue weighted by Gasteiger charge is 2.30. The molecule has 1 atom stereocenters. The highest BCUT2D eigenvalue weighted by molar-refractivity contribution is 6.01. The number of anilines is 2. The Hall–Kier alpha value is -3.63. The third-order valence-electron chi connectivity index (χ3n) is 7.34. The van der Waals surface area contributed by atoms with Crippen molar-refractivity contribution >= 4 is 34.2 Å². The number of H-pyrrole nitrogens is 1. The van der Waals surface area contributed by atoms with E-state index < -0.39 is 6.10 Å². The Kier molecular flexibility index (Phi) is 7.29. The van der Waals surface area contributed by atoms with Crippen LogP contribution in [0.4, 0.5) is 11.4 Å². The van der Waals surface area contributed by atoms with Crippen molar-refractivity contribution in [1.29, 1.82) is 0 Å². The van der Waals surface area contributed by atoms with Crippen LogP contribution in [-0.2, 0) is 14.3 Å². The molecule has 1 saturated heterocycles. The molecule has 1 unspecified atom stereocenters. The fourth-order valence-corrected chi connectivity index (χ4v) is 5.30. The predicted octanol–water partition coefficient (Wildman–Crippen LogP) is 2.94. The fraction of sp³-hybridized carbons (Fsp3) is 0.444. The molecule has 10 heteroatoms. The molecule has 0 spiro atoms. The number of morpholine rings is 1. The van der Waals surface area contributed by atoms with Crippen molar-refractivity contribution in [3.05, 3.63) is 52.4 Å². The van der Waals surface area contributed by atoms with E-state index >= 15 is 0 Å². The number of imidazole rings is 1. The number of aryl methyl sites for hydroxylation is 1. The quantitative estimate of drug-likeness (QED) is 0.406. The van der Waals surface area contributed by atoms with Crippen LogP contribution >= 0.6 is 0 Å². The molecule has 4 N–H and O–H groups in total. The molecule has 1 saturated carbocycles. The van der Waals surface area contributed by atoms with Crippen molar-refractivity contribution in [3.63, 3.8) is 0 Å². The van der Waals surface area contributed by atoms with Gasteiger partial charge in [0, 0.05) is 36.8 Å². The van der Waals surface area contributed by atoms with Gasteiger partial charge < -0.3 is 30.4 Å². The van der Waals surface area contributed by atoms with E-state index in [1.807, 2.05) is 37.3 Å². The van der Waals surface area contributed by atoms with Gasteiger partial charge in [0.2, 0.25) is 5.91 Å². The van der Waals surface area contributed by atoms with E-state index in [0.717, 1.165) is 23.4 Å². The second kappa shape index (κ2) is 10.8. The van der Waals surface area contributed by atoms with Crippen LogP contribution in [0.15, 0.2) is 41.2 Å².